The van der Waals surface area contributed by atoms with Crippen molar-refractivity contribution in [3.63, 3.8) is 0 Å². The molecule has 4 rings (SSSR count). The number of hydrogen-bond acceptors (Lipinski definition) is 5. The quantitative estimate of drug-likeness (QED) is 0.627. The van der Waals surface area contributed by atoms with Gasteiger partial charge in [0.1, 0.15) is 17.8 Å². The molecule has 1 aliphatic rings. The van der Waals surface area contributed by atoms with Crippen LogP contribution in [0.3, 0.4) is 0 Å². The van der Waals surface area contributed by atoms with Crippen LogP contribution in [0.5, 0.6) is 0 Å². The molecule has 150 valence electrons. The Morgan fingerprint density at radius 1 is 1.34 bits per heavy atom. The van der Waals surface area contributed by atoms with Gasteiger partial charge in [0.15, 0.2) is 0 Å². The molecular formula is C22H25N5O2. The van der Waals surface area contributed by atoms with Crippen LogP contribution in [0.4, 0.5) is 11.5 Å². The standard InChI is InChI=1S/C22H25N5O2/c1-3-20(28)25-17-6-4-5-16(11-17)19-12-18-21(26-19)23-14-24-22(18)27(2)13-15-7-9-29-10-8-15/h3-6,11-12,14-15H,1,7-10,13H2,2H3,(H,25,28)(H,23,24,26). The molecule has 0 bridgehead atoms. The third-order valence-corrected chi connectivity index (χ3v) is 5.27. The van der Waals surface area contributed by atoms with Crippen LogP contribution in [0.15, 0.2) is 49.3 Å². The van der Waals surface area contributed by atoms with Crippen LogP contribution in [0.1, 0.15) is 12.8 Å². The first kappa shape index (κ1) is 19.1. The van der Waals surface area contributed by atoms with Gasteiger partial charge in [-0.2, -0.15) is 0 Å². The fourth-order valence-electron chi connectivity index (χ4n) is 3.75. The van der Waals surface area contributed by atoms with Crippen LogP contribution in [-0.2, 0) is 9.53 Å². The average Bonchev–Trinajstić information content (AvgIpc) is 3.19. The first-order valence-corrected chi connectivity index (χ1v) is 9.80. The Hall–Kier alpha value is -3.19. The number of fused-ring (bicyclic) bond motifs is 1. The van der Waals surface area contributed by atoms with Crippen LogP contribution in [0.2, 0.25) is 0 Å². The monoisotopic (exact) mass is 391 g/mol. The van der Waals surface area contributed by atoms with Crippen molar-refractivity contribution in [1.29, 1.82) is 0 Å². The van der Waals surface area contributed by atoms with E-state index in [0.717, 1.165) is 60.7 Å². The maximum Gasteiger partial charge on any atom is 0.247 e. The summed E-state index contributed by atoms with van der Waals surface area (Å²) in [5.74, 6) is 1.30. The maximum atomic E-state index is 11.6. The number of carbonyl (C=O) groups excluding carboxylic acids is 1. The predicted molar refractivity (Wildman–Crippen MR) is 115 cm³/mol. The van der Waals surface area contributed by atoms with E-state index in [4.69, 9.17) is 4.74 Å². The first-order valence-electron chi connectivity index (χ1n) is 9.80. The summed E-state index contributed by atoms with van der Waals surface area (Å²) in [6.45, 7) is 6.11. The zero-order valence-corrected chi connectivity index (χ0v) is 16.5. The zero-order chi connectivity index (χ0) is 20.2. The molecular weight excluding hydrogens is 366 g/mol. The van der Waals surface area contributed by atoms with Crippen molar-refractivity contribution in [1.82, 2.24) is 15.0 Å². The normalized spacial score (nSPS) is 14.7. The minimum Gasteiger partial charge on any atom is -0.381 e. The highest BCUT2D eigenvalue weighted by molar-refractivity contribution is 5.99. The van der Waals surface area contributed by atoms with E-state index in [2.05, 4.69) is 44.9 Å². The Kier molecular flexibility index (Phi) is 5.57. The van der Waals surface area contributed by atoms with Gasteiger partial charge in [-0.3, -0.25) is 4.79 Å². The second-order valence-electron chi connectivity index (χ2n) is 7.35. The van der Waals surface area contributed by atoms with Gasteiger partial charge < -0.3 is 19.9 Å². The molecule has 1 amide bonds. The molecule has 3 heterocycles. The maximum absolute atomic E-state index is 11.6. The summed E-state index contributed by atoms with van der Waals surface area (Å²) < 4.78 is 5.47. The lowest BCUT2D eigenvalue weighted by atomic mass is 10.00. The molecule has 1 aromatic carbocycles. The van der Waals surface area contributed by atoms with Gasteiger partial charge in [0.2, 0.25) is 5.91 Å². The molecule has 0 atom stereocenters. The third-order valence-electron chi connectivity index (χ3n) is 5.27. The molecule has 7 nitrogen and oxygen atoms in total. The van der Waals surface area contributed by atoms with Crippen molar-refractivity contribution in [2.45, 2.75) is 12.8 Å². The Bertz CT molecular complexity index is 1020. The fraction of sp³-hybridized carbons (Fsp3) is 0.318. The Balaban J connectivity index is 1.61. The zero-order valence-electron chi connectivity index (χ0n) is 16.5. The summed E-state index contributed by atoms with van der Waals surface area (Å²) in [6, 6.07) is 9.74. The molecule has 0 spiro atoms. The lowest BCUT2D eigenvalue weighted by Crippen LogP contribution is -2.30. The molecule has 0 unspecified atom stereocenters. The van der Waals surface area contributed by atoms with Gasteiger partial charge in [-0.1, -0.05) is 18.7 Å². The van der Waals surface area contributed by atoms with Gasteiger partial charge in [-0.25, -0.2) is 9.97 Å². The molecule has 0 saturated carbocycles. The number of nitrogens with zero attached hydrogens (tertiary/aromatic N) is 3. The number of aromatic nitrogens is 3. The summed E-state index contributed by atoms with van der Waals surface area (Å²) in [4.78, 5) is 26.1. The van der Waals surface area contributed by atoms with Crippen LogP contribution in [0, 0.1) is 5.92 Å². The van der Waals surface area contributed by atoms with Gasteiger partial charge in [0.05, 0.1) is 5.39 Å². The molecule has 1 saturated heterocycles. The Morgan fingerprint density at radius 2 is 2.17 bits per heavy atom. The highest BCUT2D eigenvalue weighted by atomic mass is 16.5. The molecule has 2 N–H and O–H groups in total. The first-order chi connectivity index (χ1) is 14.1. The minimum absolute atomic E-state index is 0.235. The number of anilines is 2. The molecule has 0 aliphatic carbocycles. The van der Waals surface area contributed by atoms with Crippen molar-refractivity contribution >= 4 is 28.4 Å². The molecule has 7 heteroatoms. The van der Waals surface area contributed by atoms with E-state index < -0.39 is 0 Å². The van der Waals surface area contributed by atoms with E-state index in [0.29, 0.717) is 11.6 Å². The molecule has 3 aromatic rings. The molecule has 0 radical (unpaired) electrons. The van der Waals surface area contributed by atoms with Crippen molar-refractivity contribution in [3.05, 3.63) is 49.3 Å². The SMILES string of the molecule is C=CC(=O)Nc1cccc(-c2cc3c(N(C)CC4CCOCC4)ncnc3[nH]2)c1. The summed E-state index contributed by atoms with van der Waals surface area (Å²) in [6.07, 6.45) is 5.02. The number of H-pyrrole nitrogens is 1. The van der Waals surface area contributed by atoms with Crippen LogP contribution in [-0.4, -0.2) is 47.7 Å². The highest BCUT2D eigenvalue weighted by Crippen LogP contribution is 2.30. The number of amides is 1. The number of nitrogens with one attached hydrogen (secondary N) is 2. The Morgan fingerprint density at radius 3 is 2.97 bits per heavy atom. The number of ether oxygens (including phenoxy) is 1. The van der Waals surface area contributed by atoms with Gasteiger partial charge in [-0.05, 0) is 43.0 Å². The van der Waals surface area contributed by atoms with E-state index in [-0.39, 0.29) is 5.91 Å². The number of benzene rings is 1. The summed E-state index contributed by atoms with van der Waals surface area (Å²) >= 11 is 0. The third kappa shape index (κ3) is 4.30. The summed E-state index contributed by atoms with van der Waals surface area (Å²) in [5.41, 5.74) is 3.40. The van der Waals surface area contributed by atoms with Gasteiger partial charge in [0, 0.05) is 43.8 Å². The average molecular weight is 391 g/mol. The van der Waals surface area contributed by atoms with E-state index in [9.17, 15) is 4.79 Å². The molecule has 29 heavy (non-hydrogen) atoms. The van der Waals surface area contributed by atoms with Crippen molar-refractivity contribution in [2.24, 2.45) is 5.92 Å². The van der Waals surface area contributed by atoms with Crippen LogP contribution < -0.4 is 10.2 Å². The predicted octanol–water partition coefficient (Wildman–Crippen LogP) is 3.61. The van der Waals surface area contributed by atoms with Crippen LogP contribution >= 0.6 is 0 Å². The lowest BCUT2D eigenvalue weighted by molar-refractivity contribution is -0.111. The Labute approximate surface area is 169 Å². The molecule has 1 aliphatic heterocycles. The number of aromatic amines is 1. The highest BCUT2D eigenvalue weighted by Gasteiger charge is 2.19. The van der Waals surface area contributed by atoms with E-state index in [1.807, 2.05) is 24.3 Å². The molecule has 2 aromatic heterocycles. The van der Waals surface area contributed by atoms with Crippen molar-refractivity contribution in [2.75, 3.05) is 37.0 Å². The fourth-order valence-corrected chi connectivity index (χ4v) is 3.75. The number of hydrogen-bond donors (Lipinski definition) is 2. The van der Waals surface area contributed by atoms with Gasteiger partial charge >= 0.3 is 0 Å². The smallest absolute Gasteiger partial charge is 0.247 e. The van der Waals surface area contributed by atoms with Gasteiger partial charge in [0.25, 0.3) is 0 Å². The van der Waals surface area contributed by atoms with E-state index >= 15 is 0 Å². The van der Waals surface area contributed by atoms with Crippen molar-refractivity contribution in [3.8, 4) is 11.3 Å². The summed E-state index contributed by atoms with van der Waals surface area (Å²) in [5, 5.41) is 3.78. The minimum atomic E-state index is -0.235. The summed E-state index contributed by atoms with van der Waals surface area (Å²) in [7, 11) is 2.08. The number of carbonyl (C=O) groups is 1. The second-order valence-corrected chi connectivity index (χ2v) is 7.35. The van der Waals surface area contributed by atoms with E-state index in [1.54, 1.807) is 6.33 Å². The second kappa shape index (κ2) is 8.45. The number of rotatable bonds is 6. The topological polar surface area (TPSA) is 83.1 Å². The van der Waals surface area contributed by atoms with Crippen LogP contribution in [0.25, 0.3) is 22.3 Å². The van der Waals surface area contributed by atoms with E-state index in [1.165, 1.54) is 6.08 Å². The van der Waals surface area contributed by atoms with Gasteiger partial charge in [-0.15, -0.1) is 0 Å². The molecule has 1 fully saturated rings. The lowest BCUT2D eigenvalue weighted by Gasteiger charge is -2.27. The largest absolute Gasteiger partial charge is 0.381 e. The van der Waals surface area contributed by atoms with Crippen molar-refractivity contribution < 1.29 is 9.53 Å².